The number of nitro benzene ring substituents is 1. The van der Waals surface area contributed by atoms with Crippen LogP contribution in [0.1, 0.15) is 33.9 Å². The molecular formula is C29H27N3O7. The normalized spacial score (nSPS) is 24.2. The topological polar surface area (TPSA) is 150 Å². The Balaban J connectivity index is 1.67. The third-order valence-corrected chi connectivity index (χ3v) is 7.89. The summed E-state index contributed by atoms with van der Waals surface area (Å²) in [6.45, 7) is 5.19. The zero-order chi connectivity index (χ0) is 28.2. The number of non-ortho nitro benzene ring substituents is 1. The van der Waals surface area contributed by atoms with Crippen LogP contribution in [0.15, 0.2) is 60.7 Å². The standard InChI is InChI=1S/C29H27N3O7/c1-15-6-4-5-7-21(15)31-26(34)22-23(27(31)35)29(28(36)37,14-18-8-10-20(11-9-18)32(38)39)30-24(22)19-12-16(2)25(33)17(3)13-19/h4-13,22-24,30,33H,14H2,1-3H3,(H,36,37). The average Bonchev–Trinajstić information content (AvgIpc) is 3.37. The van der Waals surface area contributed by atoms with Gasteiger partial charge in [-0.15, -0.1) is 0 Å². The quantitative estimate of drug-likeness (QED) is 0.248. The molecule has 4 unspecified atom stereocenters. The van der Waals surface area contributed by atoms with E-state index in [1.807, 2.05) is 0 Å². The van der Waals surface area contributed by atoms with Crippen LogP contribution >= 0.6 is 0 Å². The number of benzene rings is 3. The summed E-state index contributed by atoms with van der Waals surface area (Å²) in [6.07, 6.45) is -0.186. The summed E-state index contributed by atoms with van der Waals surface area (Å²) in [6, 6.07) is 14.9. The minimum absolute atomic E-state index is 0.0963. The number of carbonyl (C=O) groups excluding carboxylic acids is 2. The lowest BCUT2D eigenvalue weighted by molar-refractivity contribution is -0.384. The molecule has 4 atom stereocenters. The van der Waals surface area contributed by atoms with E-state index < -0.39 is 46.1 Å². The number of amides is 2. The SMILES string of the molecule is Cc1ccccc1N1C(=O)C2C(c3cc(C)c(O)c(C)c3)NC(Cc3ccc([N+](=O)[O-])cc3)(C(=O)O)C2C1=O. The lowest BCUT2D eigenvalue weighted by Crippen LogP contribution is -2.57. The Labute approximate surface area is 224 Å². The second-order valence-corrected chi connectivity index (χ2v) is 10.3. The number of aryl methyl sites for hydroxylation is 3. The summed E-state index contributed by atoms with van der Waals surface area (Å²) in [7, 11) is 0. The zero-order valence-electron chi connectivity index (χ0n) is 21.5. The first-order chi connectivity index (χ1) is 18.5. The number of hydrogen-bond acceptors (Lipinski definition) is 7. The van der Waals surface area contributed by atoms with Crippen molar-refractivity contribution in [1.29, 1.82) is 0 Å². The van der Waals surface area contributed by atoms with Gasteiger partial charge in [0.15, 0.2) is 0 Å². The number of carbonyl (C=O) groups is 3. The molecular weight excluding hydrogens is 502 g/mol. The van der Waals surface area contributed by atoms with Gasteiger partial charge in [-0.1, -0.05) is 42.5 Å². The number of para-hydroxylation sites is 1. The van der Waals surface area contributed by atoms with Crippen molar-refractivity contribution in [3.63, 3.8) is 0 Å². The number of imide groups is 1. The van der Waals surface area contributed by atoms with Crippen molar-refractivity contribution in [1.82, 2.24) is 5.32 Å². The van der Waals surface area contributed by atoms with Crippen LogP contribution in [-0.2, 0) is 20.8 Å². The molecule has 2 aliphatic rings. The number of fused-ring (bicyclic) bond motifs is 1. The van der Waals surface area contributed by atoms with Crippen molar-refractivity contribution in [2.24, 2.45) is 11.8 Å². The number of nitrogens with zero attached hydrogens (tertiary/aromatic N) is 2. The molecule has 39 heavy (non-hydrogen) atoms. The first kappa shape index (κ1) is 26.1. The number of hydrogen-bond donors (Lipinski definition) is 3. The number of aliphatic carboxylic acids is 1. The molecule has 5 rings (SSSR count). The van der Waals surface area contributed by atoms with E-state index in [0.717, 1.165) is 4.90 Å². The lowest BCUT2D eigenvalue weighted by Gasteiger charge is -2.31. The molecule has 2 fully saturated rings. The Morgan fingerprint density at radius 3 is 2.18 bits per heavy atom. The molecule has 3 aromatic carbocycles. The van der Waals surface area contributed by atoms with Crippen LogP contribution in [0.4, 0.5) is 11.4 Å². The van der Waals surface area contributed by atoms with Gasteiger partial charge in [0.05, 0.1) is 22.4 Å². The smallest absolute Gasteiger partial charge is 0.325 e. The van der Waals surface area contributed by atoms with Crippen LogP contribution in [-0.4, -0.2) is 38.5 Å². The first-order valence-electron chi connectivity index (χ1n) is 12.4. The molecule has 0 radical (unpaired) electrons. The second kappa shape index (κ2) is 9.32. The number of phenolic OH excluding ortho intramolecular Hbond substituents is 1. The van der Waals surface area contributed by atoms with Crippen molar-refractivity contribution >= 4 is 29.2 Å². The van der Waals surface area contributed by atoms with E-state index >= 15 is 0 Å². The predicted molar refractivity (Wildman–Crippen MR) is 141 cm³/mol. The minimum Gasteiger partial charge on any atom is -0.507 e. The van der Waals surface area contributed by atoms with E-state index in [1.54, 1.807) is 57.2 Å². The van der Waals surface area contributed by atoms with Crippen molar-refractivity contribution in [3.05, 3.63) is 98.6 Å². The van der Waals surface area contributed by atoms with E-state index in [4.69, 9.17) is 0 Å². The van der Waals surface area contributed by atoms with E-state index in [-0.39, 0.29) is 17.9 Å². The number of carboxylic acids is 1. The maximum absolute atomic E-state index is 14.0. The van der Waals surface area contributed by atoms with Crippen molar-refractivity contribution in [3.8, 4) is 5.75 Å². The van der Waals surface area contributed by atoms with Crippen molar-refractivity contribution < 1.29 is 29.5 Å². The molecule has 0 spiro atoms. The van der Waals surface area contributed by atoms with Gasteiger partial charge >= 0.3 is 5.97 Å². The number of nitrogens with one attached hydrogen (secondary N) is 1. The fourth-order valence-electron chi connectivity index (χ4n) is 6.00. The molecule has 10 heteroatoms. The van der Waals surface area contributed by atoms with E-state index in [2.05, 4.69) is 5.32 Å². The molecule has 0 aromatic heterocycles. The van der Waals surface area contributed by atoms with Crippen LogP contribution < -0.4 is 10.2 Å². The van der Waals surface area contributed by atoms with Gasteiger partial charge < -0.3 is 10.2 Å². The van der Waals surface area contributed by atoms with E-state index in [1.165, 1.54) is 24.3 Å². The molecule has 2 aliphatic heterocycles. The number of phenols is 1. The average molecular weight is 530 g/mol. The molecule has 0 aliphatic carbocycles. The summed E-state index contributed by atoms with van der Waals surface area (Å²) in [5, 5.41) is 35.3. The third-order valence-electron chi connectivity index (χ3n) is 7.89. The van der Waals surface area contributed by atoms with Gasteiger partial charge in [0, 0.05) is 24.6 Å². The van der Waals surface area contributed by atoms with Crippen LogP contribution in [0.3, 0.4) is 0 Å². The summed E-state index contributed by atoms with van der Waals surface area (Å²) in [5.74, 6) is -4.62. The molecule has 200 valence electrons. The fraction of sp³-hybridized carbons (Fsp3) is 0.276. The number of aromatic hydroxyl groups is 1. The maximum Gasteiger partial charge on any atom is 0.325 e. The number of nitro groups is 1. The third kappa shape index (κ3) is 4.04. The van der Waals surface area contributed by atoms with Gasteiger partial charge in [-0.05, 0) is 54.7 Å². The van der Waals surface area contributed by atoms with Crippen molar-refractivity contribution in [2.75, 3.05) is 4.90 Å². The summed E-state index contributed by atoms with van der Waals surface area (Å²) in [5.41, 5.74) is 1.21. The molecule has 3 aromatic rings. The van der Waals surface area contributed by atoms with Crippen LogP contribution in [0, 0.1) is 42.7 Å². The molecule has 0 saturated carbocycles. The number of rotatable bonds is 6. The second-order valence-electron chi connectivity index (χ2n) is 10.3. The summed E-state index contributed by atoms with van der Waals surface area (Å²) < 4.78 is 0. The molecule has 0 bridgehead atoms. The van der Waals surface area contributed by atoms with Gasteiger partial charge in [0.25, 0.3) is 5.69 Å². The predicted octanol–water partition coefficient (Wildman–Crippen LogP) is 3.74. The molecule has 3 N–H and O–H groups in total. The van der Waals surface area contributed by atoms with E-state index in [9.17, 15) is 34.7 Å². The minimum atomic E-state index is -1.88. The van der Waals surface area contributed by atoms with Gasteiger partial charge in [0.1, 0.15) is 11.3 Å². The molecule has 10 nitrogen and oxygen atoms in total. The first-order valence-corrected chi connectivity index (χ1v) is 12.4. The highest BCUT2D eigenvalue weighted by Crippen LogP contribution is 2.51. The molecule has 2 saturated heterocycles. The van der Waals surface area contributed by atoms with E-state index in [0.29, 0.717) is 33.5 Å². The Bertz CT molecular complexity index is 1510. The molecule has 2 amide bonds. The van der Waals surface area contributed by atoms with Gasteiger partial charge in [-0.25, -0.2) is 4.90 Å². The van der Waals surface area contributed by atoms with Crippen LogP contribution in [0.2, 0.25) is 0 Å². The Kier molecular flexibility index (Phi) is 6.22. The highest BCUT2D eigenvalue weighted by molar-refractivity contribution is 6.24. The summed E-state index contributed by atoms with van der Waals surface area (Å²) >= 11 is 0. The highest BCUT2D eigenvalue weighted by Gasteiger charge is 2.68. The summed E-state index contributed by atoms with van der Waals surface area (Å²) in [4.78, 5) is 52.8. The molecule has 2 heterocycles. The Morgan fingerprint density at radius 1 is 1.00 bits per heavy atom. The number of anilines is 1. The Hall–Kier alpha value is -4.57. The lowest BCUT2D eigenvalue weighted by atomic mass is 9.76. The van der Waals surface area contributed by atoms with Crippen LogP contribution in [0.25, 0.3) is 0 Å². The van der Waals surface area contributed by atoms with Crippen molar-refractivity contribution in [2.45, 2.75) is 38.8 Å². The Morgan fingerprint density at radius 2 is 1.62 bits per heavy atom. The number of carboxylic acid groups (broad SMARTS) is 1. The van der Waals surface area contributed by atoms with Gasteiger partial charge in [-0.3, -0.25) is 29.8 Å². The monoisotopic (exact) mass is 529 g/mol. The van der Waals surface area contributed by atoms with Gasteiger partial charge in [0.2, 0.25) is 11.8 Å². The van der Waals surface area contributed by atoms with Crippen LogP contribution in [0.5, 0.6) is 5.75 Å². The maximum atomic E-state index is 14.0. The largest absolute Gasteiger partial charge is 0.507 e. The van der Waals surface area contributed by atoms with Gasteiger partial charge in [-0.2, -0.15) is 0 Å². The highest BCUT2D eigenvalue weighted by atomic mass is 16.6. The zero-order valence-corrected chi connectivity index (χ0v) is 21.5. The fourth-order valence-corrected chi connectivity index (χ4v) is 6.00.